The first-order chi connectivity index (χ1) is 12.7. The molecule has 7 heteroatoms. The number of rotatable bonds is 5. The Labute approximate surface area is 149 Å². The van der Waals surface area contributed by atoms with Crippen LogP contribution in [-0.2, 0) is 0 Å². The van der Waals surface area contributed by atoms with Crippen LogP contribution in [0, 0.1) is 0 Å². The van der Waals surface area contributed by atoms with E-state index in [-0.39, 0.29) is 17.2 Å². The number of carbonyl (C=O) groups is 2. The zero-order valence-corrected chi connectivity index (χ0v) is 13.8. The van der Waals surface area contributed by atoms with Gasteiger partial charge in [0, 0.05) is 30.9 Å². The van der Waals surface area contributed by atoms with E-state index in [2.05, 4.69) is 9.97 Å². The summed E-state index contributed by atoms with van der Waals surface area (Å²) in [7, 11) is 1.42. The molecular weight excluding hydrogens is 336 g/mol. The van der Waals surface area contributed by atoms with Gasteiger partial charge in [0.05, 0.1) is 18.2 Å². The Morgan fingerprint density at radius 3 is 1.96 bits per heavy atom. The fraction of sp³-hybridized carbons (Fsp3) is 0.0526. The van der Waals surface area contributed by atoms with Gasteiger partial charge in [-0.05, 0) is 36.4 Å². The minimum atomic E-state index is -0.573. The molecule has 1 aromatic carbocycles. The van der Waals surface area contributed by atoms with Gasteiger partial charge >= 0.3 is 11.9 Å². The van der Waals surface area contributed by atoms with Crippen LogP contribution >= 0.6 is 0 Å². The van der Waals surface area contributed by atoms with Gasteiger partial charge < -0.3 is 14.2 Å². The van der Waals surface area contributed by atoms with E-state index in [0.29, 0.717) is 11.1 Å². The number of nitrogens with zero attached hydrogens (tertiary/aromatic N) is 2. The third-order valence-electron chi connectivity index (χ3n) is 3.34. The minimum Gasteiger partial charge on any atom is -0.493 e. The summed E-state index contributed by atoms with van der Waals surface area (Å²) in [4.78, 5) is 31.9. The molecule has 0 saturated carbocycles. The molecule has 0 radical (unpaired) electrons. The highest BCUT2D eigenvalue weighted by Crippen LogP contribution is 2.32. The summed E-state index contributed by atoms with van der Waals surface area (Å²) in [5.41, 5.74) is 0.625. The van der Waals surface area contributed by atoms with Gasteiger partial charge in [0.1, 0.15) is 5.75 Å². The van der Waals surface area contributed by atoms with Gasteiger partial charge in [-0.2, -0.15) is 0 Å². The third-order valence-corrected chi connectivity index (χ3v) is 3.34. The van der Waals surface area contributed by atoms with Crippen molar-refractivity contribution in [3.63, 3.8) is 0 Å². The molecule has 7 nitrogen and oxygen atoms in total. The first kappa shape index (κ1) is 17.1. The van der Waals surface area contributed by atoms with Crippen LogP contribution < -0.4 is 14.2 Å². The maximum Gasteiger partial charge on any atom is 0.345 e. The van der Waals surface area contributed by atoms with Crippen molar-refractivity contribution < 1.29 is 23.8 Å². The highest BCUT2D eigenvalue weighted by Gasteiger charge is 2.15. The van der Waals surface area contributed by atoms with Crippen molar-refractivity contribution in [2.45, 2.75) is 0 Å². The molecule has 2 aromatic heterocycles. The highest BCUT2D eigenvalue weighted by molar-refractivity contribution is 5.91. The van der Waals surface area contributed by atoms with Gasteiger partial charge in [-0.15, -0.1) is 0 Å². The average Bonchev–Trinajstić information content (AvgIpc) is 2.70. The van der Waals surface area contributed by atoms with Crippen LogP contribution in [0.4, 0.5) is 0 Å². The molecular formula is C19H14N2O5. The number of esters is 2. The Morgan fingerprint density at radius 2 is 1.42 bits per heavy atom. The Bertz CT molecular complexity index is 914. The normalized spacial score (nSPS) is 10.0. The Morgan fingerprint density at radius 1 is 0.808 bits per heavy atom. The van der Waals surface area contributed by atoms with Crippen molar-refractivity contribution in [2.75, 3.05) is 7.11 Å². The van der Waals surface area contributed by atoms with Crippen molar-refractivity contribution in [1.29, 1.82) is 0 Å². The lowest BCUT2D eigenvalue weighted by atomic mass is 10.2. The first-order valence-corrected chi connectivity index (χ1v) is 7.60. The van der Waals surface area contributed by atoms with Crippen LogP contribution in [0.3, 0.4) is 0 Å². The second-order valence-electron chi connectivity index (χ2n) is 5.08. The Kier molecular flexibility index (Phi) is 5.19. The number of carbonyl (C=O) groups excluding carboxylic acids is 2. The summed E-state index contributed by atoms with van der Waals surface area (Å²) in [5, 5.41) is 0. The van der Waals surface area contributed by atoms with Gasteiger partial charge in [0.15, 0.2) is 11.5 Å². The number of aromatic nitrogens is 2. The van der Waals surface area contributed by atoms with Crippen molar-refractivity contribution in [3.8, 4) is 17.2 Å². The molecule has 0 saturated heterocycles. The smallest absolute Gasteiger partial charge is 0.345 e. The standard InChI is InChI=1S/C19H14N2O5/c1-24-17-10-15(25-18(22)13-4-2-8-20-11-13)6-7-16(17)26-19(23)14-5-3-9-21-12-14/h2-12H,1H3. The van der Waals surface area contributed by atoms with E-state index in [1.54, 1.807) is 36.7 Å². The van der Waals surface area contributed by atoms with Crippen LogP contribution in [0.25, 0.3) is 0 Å². The summed E-state index contributed by atoms with van der Waals surface area (Å²) < 4.78 is 15.8. The molecule has 0 bridgehead atoms. The lowest BCUT2D eigenvalue weighted by molar-refractivity contribution is 0.0715. The molecule has 0 unspecified atom stereocenters. The monoisotopic (exact) mass is 350 g/mol. The molecule has 130 valence electrons. The predicted molar refractivity (Wildman–Crippen MR) is 91.4 cm³/mol. The molecule has 0 fully saturated rings. The number of hydrogen-bond donors (Lipinski definition) is 0. The fourth-order valence-electron chi connectivity index (χ4n) is 2.09. The summed E-state index contributed by atoms with van der Waals surface area (Å²) in [6.07, 6.45) is 5.93. The van der Waals surface area contributed by atoms with E-state index in [9.17, 15) is 9.59 Å². The minimum absolute atomic E-state index is 0.197. The molecule has 0 atom stereocenters. The highest BCUT2D eigenvalue weighted by atomic mass is 16.6. The third kappa shape index (κ3) is 4.02. The summed E-state index contributed by atoms with van der Waals surface area (Å²) in [5.74, 6) is -0.435. The molecule has 3 aromatic rings. The fourth-order valence-corrected chi connectivity index (χ4v) is 2.09. The second kappa shape index (κ2) is 7.89. The van der Waals surface area contributed by atoms with E-state index < -0.39 is 11.9 Å². The maximum atomic E-state index is 12.1. The van der Waals surface area contributed by atoms with E-state index >= 15 is 0 Å². The maximum absolute atomic E-state index is 12.1. The number of benzene rings is 1. The van der Waals surface area contributed by atoms with Crippen molar-refractivity contribution in [1.82, 2.24) is 9.97 Å². The predicted octanol–water partition coefficient (Wildman–Crippen LogP) is 2.92. The zero-order valence-electron chi connectivity index (χ0n) is 13.8. The van der Waals surface area contributed by atoms with Gasteiger partial charge in [-0.25, -0.2) is 9.59 Å². The summed E-state index contributed by atoms with van der Waals surface area (Å²) in [6.45, 7) is 0. The lowest BCUT2D eigenvalue weighted by Crippen LogP contribution is -2.10. The second-order valence-corrected chi connectivity index (χ2v) is 5.08. The van der Waals surface area contributed by atoms with Crippen LogP contribution in [-0.4, -0.2) is 29.0 Å². The molecule has 0 aliphatic carbocycles. The Hall–Kier alpha value is -3.74. The zero-order chi connectivity index (χ0) is 18.4. The van der Waals surface area contributed by atoms with E-state index in [1.165, 1.54) is 37.7 Å². The van der Waals surface area contributed by atoms with Gasteiger partial charge in [0.25, 0.3) is 0 Å². The summed E-state index contributed by atoms with van der Waals surface area (Å²) in [6, 6.07) is 10.9. The molecule has 2 heterocycles. The molecule has 0 aliphatic rings. The van der Waals surface area contributed by atoms with Crippen LogP contribution in [0.2, 0.25) is 0 Å². The summed E-state index contributed by atoms with van der Waals surface area (Å²) >= 11 is 0. The van der Waals surface area contributed by atoms with Crippen molar-refractivity contribution >= 4 is 11.9 Å². The number of pyridine rings is 2. The Balaban J connectivity index is 1.75. The van der Waals surface area contributed by atoms with E-state index in [4.69, 9.17) is 14.2 Å². The SMILES string of the molecule is COc1cc(OC(=O)c2cccnc2)ccc1OC(=O)c1cccnc1. The van der Waals surface area contributed by atoms with Crippen molar-refractivity contribution in [3.05, 3.63) is 78.4 Å². The first-order valence-electron chi connectivity index (χ1n) is 7.60. The number of hydrogen-bond acceptors (Lipinski definition) is 7. The quantitative estimate of drug-likeness (QED) is 0.516. The van der Waals surface area contributed by atoms with Gasteiger partial charge in [-0.1, -0.05) is 0 Å². The average molecular weight is 350 g/mol. The van der Waals surface area contributed by atoms with Crippen LogP contribution in [0.15, 0.2) is 67.3 Å². The van der Waals surface area contributed by atoms with Crippen LogP contribution in [0.1, 0.15) is 20.7 Å². The largest absolute Gasteiger partial charge is 0.493 e. The molecule has 0 N–H and O–H groups in total. The molecule has 3 rings (SSSR count). The lowest BCUT2D eigenvalue weighted by Gasteiger charge is -2.11. The van der Waals surface area contributed by atoms with Gasteiger partial charge in [0.2, 0.25) is 0 Å². The topological polar surface area (TPSA) is 87.6 Å². The molecule has 0 spiro atoms. The van der Waals surface area contributed by atoms with Crippen molar-refractivity contribution in [2.24, 2.45) is 0 Å². The molecule has 0 aliphatic heterocycles. The number of ether oxygens (including phenoxy) is 3. The van der Waals surface area contributed by atoms with Gasteiger partial charge in [-0.3, -0.25) is 9.97 Å². The molecule has 26 heavy (non-hydrogen) atoms. The van der Waals surface area contributed by atoms with E-state index in [1.807, 2.05) is 0 Å². The number of methoxy groups -OCH3 is 1. The molecule has 0 amide bonds. The van der Waals surface area contributed by atoms with Crippen LogP contribution in [0.5, 0.6) is 17.2 Å². The van der Waals surface area contributed by atoms with E-state index in [0.717, 1.165) is 0 Å².